The molecule has 2 nitrogen and oxygen atoms in total. The minimum Gasteiger partial charge on any atom is -0.312 e. The molecule has 1 aliphatic heterocycles. The first kappa shape index (κ1) is 15.4. The molecule has 1 amide bonds. The molecule has 0 spiro atoms. The first-order chi connectivity index (χ1) is 11.7. The predicted molar refractivity (Wildman–Crippen MR) is 103 cm³/mol. The molecule has 1 aliphatic rings. The SMILES string of the molecule is CCN1C(=O)CC(c2ccccc2Br)c2c1ccc1ccccc21. The number of fused-ring (bicyclic) bond motifs is 3. The number of benzene rings is 3. The Balaban J connectivity index is 2.03. The lowest BCUT2D eigenvalue weighted by atomic mass is 9.81. The van der Waals surface area contributed by atoms with Crippen molar-refractivity contribution < 1.29 is 4.79 Å². The summed E-state index contributed by atoms with van der Waals surface area (Å²) in [6, 6.07) is 20.9. The highest BCUT2D eigenvalue weighted by atomic mass is 79.9. The van der Waals surface area contributed by atoms with Gasteiger partial charge < -0.3 is 4.90 Å². The Morgan fingerprint density at radius 2 is 1.79 bits per heavy atom. The summed E-state index contributed by atoms with van der Waals surface area (Å²) in [4.78, 5) is 14.6. The summed E-state index contributed by atoms with van der Waals surface area (Å²) >= 11 is 3.67. The van der Waals surface area contributed by atoms with Crippen LogP contribution in [0, 0.1) is 0 Å². The number of hydrogen-bond donors (Lipinski definition) is 0. The predicted octanol–water partition coefficient (Wildman–Crippen LogP) is 5.49. The van der Waals surface area contributed by atoms with Crippen molar-refractivity contribution in [2.45, 2.75) is 19.3 Å². The molecule has 4 rings (SSSR count). The highest BCUT2D eigenvalue weighted by molar-refractivity contribution is 9.10. The normalized spacial score (nSPS) is 17.2. The number of rotatable bonds is 2. The van der Waals surface area contributed by atoms with Crippen LogP contribution in [0.3, 0.4) is 0 Å². The van der Waals surface area contributed by atoms with E-state index in [-0.39, 0.29) is 11.8 Å². The molecule has 0 saturated carbocycles. The number of halogens is 1. The van der Waals surface area contributed by atoms with Crippen LogP contribution in [0.25, 0.3) is 10.8 Å². The van der Waals surface area contributed by atoms with Crippen LogP contribution in [0.1, 0.15) is 30.4 Å². The first-order valence-electron chi connectivity index (χ1n) is 8.27. The molecule has 0 aliphatic carbocycles. The monoisotopic (exact) mass is 379 g/mol. The van der Waals surface area contributed by atoms with E-state index in [1.54, 1.807) is 0 Å². The summed E-state index contributed by atoms with van der Waals surface area (Å²) in [6.07, 6.45) is 0.511. The van der Waals surface area contributed by atoms with Crippen molar-refractivity contribution >= 4 is 38.3 Å². The fourth-order valence-corrected chi connectivity index (χ4v) is 4.34. The Bertz CT molecular complexity index is 934. The lowest BCUT2D eigenvalue weighted by Crippen LogP contribution is -2.36. The maximum absolute atomic E-state index is 12.7. The summed E-state index contributed by atoms with van der Waals surface area (Å²) in [5.41, 5.74) is 3.49. The van der Waals surface area contributed by atoms with Gasteiger partial charge in [-0.3, -0.25) is 4.79 Å². The zero-order valence-corrected chi connectivity index (χ0v) is 15.1. The van der Waals surface area contributed by atoms with Crippen LogP contribution in [-0.2, 0) is 4.79 Å². The van der Waals surface area contributed by atoms with Crippen molar-refractivity contribution in [3.8, 4) is 0 Å². The van der Waals surface area contributed by atoms with Gasteiger partial charge in [0.2, 0.25) is 5.91 Å². The largest absolute Gasteiger partial charge is 0.312 e. The molecule has 0 N–H and O–H groups in total. The molecule has 3 aromatic carbocycles. The molecule has 3 aromatic rings. The molecule has 3 heteroatoms. The van der Waals surface area contributed by atoms with Gasteiger partial charge in [-0.15, -0.1) is 0 Å². The average Bonchev–Trinajstić information content (AvgIpc) is 2.61. The molecule has 1 atom stereocenters. The topological polar surface area (TPSA) is 20.3 Å². The Hall–Kier alpha value is -2.13. The highest BCUT2D eigenvalue weighted by Crippen LogP contribution is 2.45. The van der Waals surface area contributed by atoms with Gasteiger partial charge >= 0.3 is 0 Å². The van der Waals surface area contributed by atoms with E-state index in [2.05, 4.69) is 64.5 Å². The van der Waals surface area contributed by atoms with Crippen LogP contribution in [0.2, 0.25) is 0 Å². The lowest BCUT2D eigenvalue weighted by Gasteiger charge is -2.35. The highest BCUT2D eigenvalue weighted by Gasteiger charge is 2.33. The van der Waals surface area contributed by atoms with Gasteiger partial charge in [0.1, 0.15) is 0 Å². The van der Waals surface area contributed by atoms with Gasteiger partial charge in [0.15, 0.2) is 0 Å². The first-order valence-corrected chi connectivity index (χ1v) is 9.06. The van der Waals surface area contributed by atoms with E-state index < -0.39 is 0 Å². The lowest BCUT2D eigenvalue weighted by molar-refractivity contribution is -0.119. The molecule has 1 unspecified atom stereocenters. The summed E-state index contributed by atoms with van der Waals surface area (Å²) in [5, 5.41) is 2.46. The van der Waals surface area contributed by atoms with Crippen molar-refractivity contribution in [3.05, 3.63) is 76.3 Å². The smallest absolute Gasteiger partial charge is 0.227 e. The Kier molecular flexibility index (Phi) is 3.89. The van der Waals surface area contributed by atoms with Crippen LogP contribution in [0.5, 0.6) is 0 Å². The summed E-state index contributed by atoms with van der Waals surface area (Å²) < 4.78 is 1.06. The molecule has 1 heterocycles. The number of amides is 1. The van der Waals surface area contributed by atoms with E-state index in [0.717, 1.165) is 10.2 Å². The average molecular weight is 380 g/mol. The van der Waals surface area contributed by atoms with Crippen molar-refractivity contribution in [2.24, 2.45) is 0 Å². The van der Waals surface area contributed by atoms with Crippen LogP contribution in [-0.4, -0.2) is 12.5 Å². The summed E-state index contributed by atoms with van der Waals surface area (Å²) in [7, 11) is 0. The van der Waals surface area contributed by atoms with E-state index in [1.807, 2.05) is 24.0 Å². The summed E-state index contributed by atoms with van der Waals surface area (Å²) in [5.74, 6) is 0.276. The zero-order chi connectivity index (χ0) is 16.7. The third kappa shape index (κ3) is 2.35. The third-order valence-electron chi connectivity index (χ3n) is 4.86. The molecule has 0 aromatic heterocycles. The molecular weight excluding hydrogens is 362 g/mol. The van der Waals surface area contributed by atoms with Crippen molar-refractivity contribution in [3.63, 3.8) is 0 Å². The van der Waals surface area contributed by atoms with Gasteiger partial charge in [-0.1, -0.05) is 64.5 Å². The Morgan fingerprint density at radius 1 is 1.04 bits per heavy atom. The van der Waals surface area contributed by atoms with E-state index in [4.69, 9.17) is 0 Å². The third-order valence-corrected chi connectivity index (χ3v) is 5.59. The van der Waals surface area contributed by atoms with Crippen molar-refractivity contribution in [1.82, 2.24) is 0 Å². The van der Waals surface area contributed by atoms with Gasteiger partial charge in [0.05, 0.1) is 0 Å². The maximum atomic E-state index is 12.7. The molecule has 0 fully saturated rings. The fourth-order valence-electron chi connectivity index (χ4n) is 3.78. The van der Waals surface area contributed by atoms with Crippen LogP contribution in [0.15, 0.2) is 65.1 Å². The van der Waals surface area contributed by atoms with Crippen molar-refractivity contribution in [2.75, 3.05) is 11.4 Å². The quantitative estimate of drug-likeness (QED) is 0.576. The maximum Gasteiger partial charge on any atom is 0.227 e. The molecule has 0 radical (unpaired) electrons. The van der Waals surface area contributed by atoms with E-state index in [0.29, 0.717) is 13.0 Å². The number of carbonyl (C=O) groups excluding carboxylic acids is 1. The van der Waals surface area contributed by atoms with Gasteiger partial charge in [-0.25, -0.2) is 0 Å². The minimum absolute atomic E-state index is 0.0805. The second kappa shape index (κ2) is 6.06. The Morgan fingerprint density at radius 3 is 2.58 bits per heavy atom. The van der Waals surface area contributed by atoms with E-state index in [1.165, 1.54) is 21.9 Å². The molecular formula is C21H18BrNO. The van der Waals surface area contributed by atoms with Crippen LogP contribution >= 0.6 is 15.9 Å². The van der Waals surface area contributed by atoms with E-state index in [9.17, 15) is 4.79 Å². The van der Waals surface area contributed by atoms with Gasteiger partial charge in [-0.05, 0) is 41.0 Å². The second-order valence-corrected chi connectivity index (χ2v) is 6.99. The summed E-state index contributed by atoms with van der Waals surface area (Å²) in [6.45, 7) is 2.74. The van der Waals surface area contributed by atoms with Gasteiger partial charge in [-0.2, -0.15) is 0 Å². The molecule has 0 bridgehead atoms. The minimum atomic E-state index is 0.0805. The number of carbonyl (C=O) groups is 1. The van der Waals surface area contributed by atoms with E-state index >= 15 is 0 Å². The van der Waals surface area contributed by atoms with Crippen LogP contribution in [0.4, 0.5) is 5.69 Å². The van der Waals surface area contributed by atoms with Gasteiger partial charge in [0.25, 0.3) is 0 Å². The molecule has 24 heavy (non-hydrogen) atoms. The van der Waals surface area contributed by atoms with Gasteiger partial charge in [0, 0.05) is 29.0 Å². The number of nitrogens with zero attached hydrogens (tertiary/aromatic N) is 1. The second-order valence-electron chi connectivity index (χ2n) is 6.14. The van der Waals surface area contributed by atoms with Crippen molar-refractivity contribution in [1.29, 1.82) is 0 Å². The standard InChI is InChI=1S/C21H18BrNO/c1-2-23-19-12-11-14-7-3-4-8-15(14)21(19)17(13-20(23)24)16-9-5-6-10-18(16)22/h3-12,17H,2,13H2,1H3. The Labute approximate surface area is 150 Å². The number of hydrogen-bond acceptors (Lipinski definition) is 1. The molecule has 120 valence electrons. The molecule has 0 saturated heterocycles. The zero-order valence-electron chi connectivity index (χ0n) is 13.5. The number of anilines is 1. The van der Waals surface area contributed by atoms with Crippen LogP contribution < -0.4 is 4.90 Å². The fraction of sp³-hybridized carbons (Fsp3) is 0.190.